The fourth-order valence-electron chi connectivity index (χ4n) is 7.93. The lowest BCUT2D eigenvalue weighted by atomic mass is 9.44. The van der Waals surface area contributed by atoms with Crippen LogP contribution in [-0.4, -0.2) is 62.9 Å². The van der Waals surface area contributed by atoms with Gasteiger partial charge in [0, 0.05) is 23.8 Å². The second-order valence-corrected chi connectivity index (χ2v) is 13.0. The second-order valence-electron chi connectivity index (χ2n) is 11.4. The van der Waals surface area contributed by atoms with E-state index in [1.807, 2.05) is 0 Å². The number of hydroxylamine groups is 1. The van der Waals surface area contributed by atoms with Crippen LogP contribution in [-0.2, 0) is 14.4 Å². The number of alkyl halides is 3. The summed E-state index contributed by atoms with van der Waals surface area (Å²) in [5.74, 6) is -3.18. The van der Waals surface area contributed by atoms with E-state index < -0.39 is 74.1 Å². The molecule has 0 bridgehead atoms. The first-order chi connectivity index (χ1) is 17.8. The Morgan fingerprint density at radius 2 is 1.97 bits per heavy atom. The lowest BCUT2D eigenvalue weighted by molar-refractivity contribution is -0.230. The molecule has 0 spiro atoms. The van der Waals surface area contributed by atoms with Gasteiger partial charge in [0.1, 0.15) is 18.6 Å². The lowest BCUT2D eigenvalue weighted by Crippen LogP contribution is -2.71. The number of rotatable bonds is 5. The molecule has 0 saturated heterocycles. The molecule has 10 heteroatoms. The maximum Gasteiger partial charge on any atom is 0.194 e. The predicted molar refractivity (Wildman–Crippen MR) is 143 cm³/mol. The Bertz CT molecular complexity index is 1240. The van der Waals surface area contributed by atoms with Gasteiger partial charge in [-0.25, -0.2) is 13.2 Å². The Morgan fingerprint density at radius 3 is 2.63 bits per heavy atom. The Balaban J connectivity index is 1.62. The third-order valence-electron chi connectivity index (χ3n) is 9.78. The van der Waals surface area contributed by atoms with Crippen LogP contribution in [0.25, 0.3) is 0 Å². The van der Waals surface area contributed by atoms with Crippen molar-refractivity contribution in [2.45, 2.75) is 60.6 Å². The number of aliphatic hydroxyl groups is 2. The quantitative estimate of drug-likeness (QED) is 0.284. The van der Waals surface area contributed by atoms with E-state index in [0.29, 0.717) is 5.69 Å². The highest BCUT2D eigenvalue weighted by atomic mass is 127. The molecule has 6 nitrogen and oxygen atoms in total. The van der Waals surface area contributed by atoms with Gasteiger partial charge in [0.25, 0.3) is 0 Å². The topological polar surface area (TPSA) is 87.1 Å². The van der Waals surface area contributed by atoms with Gasteiger partial charge in [-0.1, -0.05) is 41.7 Å². The van der Waals surface area contributed by atoms with Gasteiger partial charge in [0.2, 0.25) is 0 Å². The van der Waals surface area contributed by atoms with Gasteiger partial charge >= 0.3 is 0 Å². The third kappa shape index (κ3) is 3.48. The van der Waals surface area contributed by atoms with Crippen LogP contribution in [0.1, 0.15) is 33.1 Å². The number of Topliss-reactive ketones (excluding diaryl/α,β-unsaturated/α-hetero) is 1. The number of carbonyl (C=O) groups is 2. The van der Waals surface area contributed by atoms with Gasteiger partial charge in [-0.05, 0) is 68.0 Å². The van der Waals surface area contributed by atoms with E-state index in [1.54, 1.807) is 13.0 Å². The van der Waals surface area contributed by atoms with E-state index >= 15 is 8.78 Å². The SMILES string of the molecule is CN(O[C@]1(C(=O)CO)[C@H](I)C[C@H]2[C@@H]3C[C@H](F)C4=CC(=O)C=C[C@]4(C)[C@@]3(F)[C@@H](O)C[C@@]21C)c1cccc(F)c1. The van der Waals surface area contributed by atoms with Gasteiger partial charge in [0.05, 0.1) is 15.7 Å². The average Bonchev–Trinajstić information content (AvgIpc) is 3.08. The average molecular weight is 645 g/mol. The minimum atomic E-state index is -2.30. The normalized spacial score (nSPS) is 43.7. The number of allylic oxidation sites excluding steroid dienone is 4. The van der Waals surface area contributed by atoms with E-state index in [-0.39, 0.29) is 24.8 Å². The van der Waals surface area contributed by atoms with Gasteiger partial charge in [0.15, 0.2) is 22.8 Å². The van der Waals surface area contributed by atoms with Gasteiger partial charge in [-0.3, -0.25) is 19.5 Å². The van der Waals surface area contributed by atoms with Gasteiger partial charge in [-0.2, -0.15) is 0 Å². The summed E-state index contributed by atoms with van der Waals surface area (Å²) in [6, 6.07) is 5.59. The van der Waals surface area contributed by atoms with Crippen LogP contribution >= 0.6 is 22.6 Å². The highest BCUT2D eigenvalue weighted by Gasteiger charge is 2.78. The minimum Gasteiger partial charge on any atom is -0.390 e. The summed E-state index contributed by atoms with van der Waals surface area (Å²) in [5.41, 5.74) is -6.41. The van der Waals surface area contributed by atoms with Gasteiger partial charge in [-0.15, -0.1) is 0 Å². The van der Waals surface area contributed by atoms with Crippen molar-refractivity contribution in [3.05, 3.63) is 53.9 Å². The largest absolute Gasteiger partial charge is 0.390 e. The number of fused-ring (bicyclic) bond motifs is 5. The Morgan fingerprint density at radius 1 is 1.26 bits per heavy atom. The van der Waals surface area contributed by atoms with Crippen LogP contribution in [0, 0.1) is 28.5 Å². The first-order valence-electron chi connectivity index (χ1n) is 12.7. The minimum absolute atomic E-state index is 0.0233. The van der Waals surface area contributed by atoms with Crippen LogP contribution in [0.4, 0.5) is 18.9 Å². The number of aliphatic hydroxyl groups excluding tert-OH is 2. The molecule has 4 aliphatic rings. The van der Waals surface area contributed by atoms with E-state index in [2.05, 4.69) is 22.6 Å². The molecule has 9 atom stereocenters. The Hall–Kier alpha value is -1.76. The molecular formula is C28H31F3INO5. The molecule has 4 aliphatic carbocycles. The van der Waals surface area contributed by atoms with E-state index in [9.17, 15) is 24.2 Å². The zero-order valence-electron chi connectivity index (χ0n) is 21.3. The molecule has 0 aromatic heterocycles. The van der Waals surface area contributed by atoms with Crippen molar-refractivity contribution in [3.63, 3.8) is 0 Å². The smallest absolute Gasteiger partial charge is 0.194 e. The third-order valence-corrected chi connectivity index (χ3v) is 11.2. The first-order valence-corrected chi connectivity index (χ1v) is 13.9. The van der Waals surface area contributed by atoms with Crippen molar-refractivity contribution in [1.82, 2.24) is 0 Å². The molecule has 1 aromatic rings. The predicted octanol–water partition coefficient (Wildman–Crippen LogP) is 4.23. The molecule has 0 unspecified atom stereocenters. The molecule has 3 fully saturated rings. The lowest BCUT2D eigenvalue weighted by Gasteiger charge is -2.63. The summed E-state index contributed by atoms with van der Waals surface area (Å²) in [4.78, 5) is 32.0. The molecule has 0 radical (unpaired) electrons. The number of anilines is 1. The number of benzene rings is 1. The number of nitrogens with zero attached hydrogens (tertiary/aromatic N) is 1. The summed E-state index contributed by atoms with van der Waals surface area (Å²) >= 11 is 2.06. The number of ketones is 2. The molecule has 1 aromatic carbocycles. The van der Waals surface area contributed by atoms with E-state index in [4.69, 9.17) is 4.84 Å². The zero-order chi connectivity index (χ0) is 27.8. The van der Waals surface area contributed by atoms with Crippen molar-refractivity contribution < 1.29 is 37.8 Å². The van der Waals surface area contributed by atoms with Crippen LogP contribution in [0.15, 0.2) is 48.1 Å². The number of hydrogen-bond acceptors (Lipinski definition) is 6. The van der Waals surface area contributed by atoms with Crippen LogP contribution in [0.5, 0.6) is 0 Å². The molecular weight excluding hydrogens is 614 g/mol. The molecule has 3 saturated carbocycles. The number of halogens is 4. The van der Waals surface area contributed by atoms with Crippen molar-refractivity contribution in [3.8, 4) is 0 Å². The second kappa shape index (κ2) is 9.14. The zero-order valence-corrected chi connectivity index (χ0v) is 23.5. The summed E-state index contributed by atoms with van der Waals surface area (Å²) < 4.78 is 46.5. The standard InChI is InChI=1S/C28H31F3INO5/c1-25-8-7-17(35)10-20(25)21(30)11-19-18-12-22(32)28(24(37)14-34,26(18,2)13-23(36)27(19,25)31)38-33(3)16-6-4-5-15(29)9-16/h4-10,18-19,21-23,34,36H,11-14H2,1-3H3/t18-,19-,21-,22+,23-,25-,26-,27-,28-/m0/s1. The summed E-state index contributed by atoms with van der Waals surface area (Å²) in [6.45, 7) is 2.39. The van der Waals surface area contributed by atoms with Gasteiger partial charge < -0.3 is 10.2 Å². The van der Waals surface area contributed by atoms with E-state index in [0.717, 1.165) is 6.08 Å². The van der Waals surface area contributed by atoms with Crippen molar-refractivity contribution >= 4 is 39.8 Å². The monoisotopic (exact) mass is 645 g/mol. The maximum atomic E-state index is 17.4. The Kier molecular flexibility index (Phi) is 6.68. The molecule has 38 heavy (non-hydrogen) atoms. The molecule has 0 amide bonds. The van der Waals surface area contributed by atoms with Crippen LogP contribution < -0.4 is 5.06 Å². The Labute approximate surface area is 233 Å². The molecule has 0 aliphatic heterocycles. The summed E-state index contributed by atoms with van der Waals surface area (Å²) in [7, 11) is 1.51. The van der Waals surface area contributed by atoms with E-state index in [1.165, 1.54) is 49.4 Å². The number of carbonyl (C=O) groups excluding carboxylic acids is 2. The maximum absolute atomic E-state index is 17.4. The van der Waals surface area contributed by atoms with Crippen LogP contribution in [0.2, 0.25) is 0 Å². The number of hydrogen-bond donors (Lipinski definition) is 2. The first kappa shape index (κ1) is 27.8. The molecule has 5 rings (SSSR count). The van der Waals surface area contributed by atoms with Crippen LogP contribution in [0.3, 0.4) is 0 Å². The van der Waals surface area contributed by atoms with Crippen molar-refractivity contribution in [1.29, 1.82) is 0 Å². The fraction of sp³-hybridized carbons (Fsp3) is 0.571. The van der Waals surface area contributed by atoms with Crippen molar-refractivity contribution in [2.24, 2.45) is 22.7 Å². The molecule has 2 N–H and O–H groups in total. The summed E-state index contributed by atoms with van der Waals surface area (Å²) in [5, 5.41) is 22.9. The molecule has 0 heterocycles. The fourth-order valence-corrected chi connectivity index (χ4v) is 9.65. The highest BCUT2D eigenvalue weighted by molar-refractivity contribution is 14.1. The highest BCUT2D eigenvalue weighted by Crippen LogP contribution is 2.71. The molecule has 206 valence electrons. The summed E-state index contributed by atoms with van der Waals surface area (Å²) in [6.07, 6.45) is 0.298. The van der Waals surface area contributed by atoms with Crippen molar-refractivity contribution in [2.75, 3.05) is 18.7 Å².